The normalized spacial score (nSPS) is 12.3. The molecule has 6 nitrogen and oxygen atoms in total. The maximum Gasteiger partial charge on any atom is 0.294 e. The Hall–Kier alpha value is -2.52. The Bertz CT molecular complexity index is 1120. The van der Waals surface area contributed by atoms with Gasteiger partial charge >= 0.3 is 0 Å². The fourth-order valence-corrected chi connectivity index (χ4v) is 4.32. The van der Waals surface area contributed by atoms with Crippen LogP contribution in [-0.2, 0) is 20.2 Å². The van der Waals surface area contributed by atoms with Crippen LogP contribution in [0.5, 0.6) is 0 Å². The SMILES string of the molecule is O=S(=O)(O)c1ccc(C(c2ccccc2)c2ccccc2)c(S(=O)(=O)O)c1. The van der Waals surface area contributed by atoms with Crippen molar-refractivity contribution in [2.24, 2.45) is 0 Å². The monoisotopic (exact) mass is 404 g/mol. The first-order valence-electron chi connectivity index (χ1n) is 7.87. The Kier molecular flexibility index (Phi) is 5.16. The van der Waals surface area contributed by atoms with Gasteiger partial charge in [-0.2, -0.15) is 16.8 Å². The summed E-state index contributed by atoms with van der Waals surface area (Å²) in [5, 5.41) is 0. The molecule has 0 aromatic heterocycles. The van der Waals surface area contributed by atoms with Crippen molar-refractivity contribution in [2.45, 2.75) is 15.7 Å². The summed E-state index contributed by atoms with van der Waals surface area (Å²) in [6.45, 7) is 0. The van der Waals surface area contributed by atoms with Crippen molar-refractivity contribution < 1.29 is 25.9 Å². The predicted octanol–water partition coefficient (Wildman–Crippen LogP) is 3.36. The first-order chi connectivity index (χ1) is 12.7. The van der Waals surface area contributed by atoms with Crippen molar-refractivity contribution in [3.05, 3.63) is 95.6 Å². The largest absolute Gasteiger partial charge is 0.294 e. The summed E-state index contributed by atoms with van der Waals surface area (Å²) in [6.07, 6.45) is 0. The average molecular weight is 404 g/mol. The maximum atomic E-state index is 12.0. The highest BCUT2D eigenvalue weighted by Gasteiger charge is 2.27. The van der Waals surface area contributed by atoms with Crippen molar-refractivity contribution in [1.82, 2.24) is 0 Å². The summed E-state index contributed by atoms with van der Waals surface area (Å²) in [4.78, 5) is -1.19. The van der Waals surface area contributed by atoms with Crippen LogP contribution in [0.4, 0.5) is 0 Å². The fraction of sp³-hybridized carbons (Fsp3) is 0.0526. The summed E-state index contributed by atoms with van der Waals surface area (Å²) >= 11 is 0. The van der Waals surface area contributed by atoms with E-state index in [9.17, 15) is 25.9 Å². The van der Waals surface area contributed by atoms with Crippen LogP contribution in [-0.4, -0.2) is 25.9 Å². The molecule has 0 radical (unpaired) electrons. The van der Waals surface area contributed by atoms with E-state index in [4.69, 9.17) is 0 Å². The summed E-state index contributed by atoms with van der Waals surface area (Å²) < 4.78 is 65.7. The molecule has 0 aliphatic carbocycles. The second-order valence-electron chi connectivity index (χ2n) is 5.90. The molecule has 0 saturated carbocycles. The molecule has 0 unspecified atom stereocenters. The van der Waals surface area contributed by atoms with Gasteiger partial charge in [0.25, 0.3) is 20.2 Å². The summed E-state index contributed by atoms with van der Waals surface area (Å²) in [7, 11) is -9.39. The molecule has 0 heterocycles. The van der Waals surface area contributed by atoms with E-state index in [0.717, 1.165) is 23.3 Å². The van der Waals surface area contributed by atoms with E-state index < -0.39 is 35.9 Å². The number of rotatable bonds is 5. The number of benzene rings is 3. The minimum atomic E-state index is -4.75. The van der Waals surface area contributed by atoms with Crippen LogP contribution in [0.2, 0.25) is 0 Å². The van der Waals surface area contributed by atoms with Crippen LogP contribution in [0.15, 0.2) is 88.7 Å². The smallest absolute Gasteiger partial charge is 0.282 e. The zero-order valence-corrected chi connectivity index (χ0v) is 15.6. The van der Waals surface area contributed by atoms with Gasteiger partial charge in [-0.15, -0.1) is 0 Å². The van der Waals surface area contributed by atoms with Gasteiger partial charge < -0.3 is 0 Å². The van der Waals surface area contributed by atoms with E-state index in [1.165, 1.54) is 6.07 Å². The predicted molar refractivity (Wildman–Crippen MR) is 99.9 cm³/mol. The van der Waals surface area contributed by atoms with Crippen molar-refractivity contribution >= 4 is 20.2 Å². The Morgan fingerprint density at radius 3 is 1.52 bits per heavy atom. The molecule has 3 rings (SSSR count). The molecule has 0 aliphatic heterocycles. The molecule has 0 atom stereocenters. The minimum absolute atomic E-state index is 0.197. The van der Waals surface area contributed by atoms with Gasteiger partial charge in [0.1, 0.15) is 0 Å². The Labute approximate surface area is 157 Å². The molecule has 0 spiro atoms. The van der Waals surface area contributed by atoms with Crippen molar-refractivity contribution in [1.29, 1.82) is 0 Å². The third kappa shape index (κ3) is 4.25. The third-order valence-electron chi connectivity index (χ3n) is 4.14. The second kappa shape index (κ2) is 7.24. The quantitative estimate of drug-likeness (QED) is 0.499. The van der Waals surface area contributed by atoms with Gasteiger partial charge in [-0.1, -0.05) is 66.7 Å². The number of hydrogen-bond donors (Lipinski definition) is 2. The van der Waals surface area contributed by atoms with E-state index in [1.807, 2.05) is 36.4 Å². The molecule has 0 aliphatic rings. The van der Waals surface area contributed by atoms with Gasteiger partial charge in [0, 0.05) is 5.92 Å². The van der Waals surface area contributed by atoms with Gasteiger partial charge in [-0.3, -0.25) is 9.11 Å². The molecule has 0 amide bonds. The molecule has 27 heavy (non-hydrogen) atoms. The molecule has 2 N–H and O–H groups in total. The third-order valence-corrected chi connectivity index (χ3v) is 5.90. The van der Waals surface area contributed by atoms with Crippen LogP contribution in [0.25, 0.3) is 0 Å². The van der Waals surface area contributed by atoms with Gasteiger partial charge in [0.2, 0.25) is 0 Å². The van der Waals surface area contributed by atoms with E-state index in [1.54, 1.807) is 24.3 Å². The van der Waals surface area contributed by atoms with Crippen molar-refractivity contribution in [2.75, 3.05) is 0 Å². The molecular weight excluding hydrogens is 388 g/mol. The van der Waals surface area contributed by atoms with E-state index in [2.05, 4.69) is 0 Å². The van der Waals surface area contributed by atoms with Gasteiger partial charge in [0.05, 0.1) is 9.79 Å². The van der Waals surface area contributed by atoms with Crippen LogP contribution in [0, 0.1) is 0 Å². The zero-order valence-electron chi connectivity index (χ0n) is 13.9. The van der Waals surface area contributed by atoms with Gasteiger partial charge in [0.15, 0.2) is 0 Å². The topological polar surface area (TPSA) is 109 Å². The highest BCUT2D eigenvalue weighted by Crippen LogP contribution is 2.36. The first-order valence-corrected chi connectivity index (χ1v) is 10.7. The van der Waals surface area contributed by atoms with E-state index in [0.29, 0.717) is 0 Å². The zero-order chi connectivity index (χ0) is 19.7. The molecule has 3 aromatic rings. The maximum absolute atomic E-state index is 12.0. The molecule has 0 fully saturated rings. The van der Waals surface area contributed by atoms with Gasteiger partial charge in [-0.05, 0) is 28.8 Å². The second-order valence-corrected chi connectivity index (χ2v) is 8.72. The molecule has 140 valence electrons. The van der Waals surface area contributed by atoms with Crippen molar-refractivity contribution in [3.63, 3.8) is 0 Å². The molecule has 8 heteroatoms. The highest BCUT2D eigenvalue weighted by atomic mass is 32.2. The lowest BCUT2D eigenvalue weighted by molar-refractivity contribution is 0.480. The molecule has 0 saturated heterocycles. The minimum Gasteiger partial charge on any atom is -0.282 e. The standard InChI is InChI=1S/C19H16O6S2/c20-26(21,22)16-11-12-17(18(13-16)27(23,24)25)19(14-7-3-1-4-8-14)15-9-5-2-6-10-15/h1-13,19H,(H,20,21,22)(H,23,24,25). The Morgan fingerprint density at radius 1 is 0.630 bits per heavy atom. The average Bonchev–Trinajstić information content (AvgIpc) is 2.62. The van der Waals surface area contributed by atoms with E-state index in [-0.39, 0.29) is 5.56 Å². The van der Waals surface area contributed by atoms with Crippen LogP contribution in [0.3, 0.4) is 0 Å². The molecule has 3 aromatic carbocycles. The lowest BCUT2D eigenvalue weighted by atomic mass is 9.85. The van der Waals surface area contributed by atoms with Crippen molar-refractivity contribution in [3.8, 4) is 0 Å². The fourth-order valence-electron chi connectivity index (χ4n) is 2.98. The number of hydrogen-bond acceptors (Lipinski definition) is 4. The van der Waals surface area contributed by atoms with Crippen LogP contribution >= 0.6 is 0 Å². The Morgan fingerprint density at radius 2 is 1.11 bits per heavy atom. The summed E-state index contributed by atoms with van der Waals surface area (Å²) in [6, 6.07) is 21.2. The van der Waals surface area contributed by atoms with E-state index >= 15 is 0 Å². The van der Waals surface area contributed by atoms with Gasteiger partial charge in [-0.25, -0.2) is 0 Å². The highest BCUT2D eigenvalue weighted by molar-refractivity contribution is 7.86. The lowest BCUT2D eigenvalue weighted by Gasteiger charge is -2.21. The van der Waals surface area contributed by atoms with Crippen LogP contribution < -0.4 is 0 Å². The first kappa shape index (κ1) is 19.2. The molecule has 0 bridgehead atoms. The molecular formula is C19H16O6S2. The summed E-state index contributed by atoms with van der Waals surface area (Å²) in [5.41, 5.74) is 1.71. The lowest BCUT2D eigenvalue weighted by Crippen LogP contribution is -2.12. The van der Waals surface area contributed by atoms with Crippen LogP contribution in [0.1, 0.15) is 22.6 Å². The summed E-state index contributed by atoms with van der Waals surface area (Å²) in [5.74, 6) is -0.570. The Balaban J connectivity index is 2.33.